The number of carbonyl (C=O) groups is 1. The van der Waals surface area contributed by atoms with E-state index in [2.05, 4.69) is 26.6 Å². The minimum Gasteiger partial charge on any atom is -0.467 e. The summed E-state index contributed by atoms with van der Waals surface area (Å²) < 4.78 is 9.82. The van der Waals surface area contributed by atoms with Gasteiger partial charge in [-0.05, 0) is 40.2 Å². The van der Waals surface area contributed by atoms with E-state index >= 15 is 0 Å². The first-order valence-corrected chi connectivity index (χ1v) is 5.04. The SMILES string of the molecule is C#CC(Br)Oc1ccc(C(=O)OC)cc1. The summed E-state index contributed by atoms with van der Waals surface area (Å²) in [6.45, 7) is 0. The lowest BCUT2D eigenvalue weighted by Gasteiger charge is -2.07. The van der Waals surface area contributed by atoms with Crippen molar-refractivity contribution in [2.45, 2.75) is 5.01 Å². The zero-order chi connectivity index (χ0) is 11.3. The fourth-order valence-corrected chi connectivity index (χ4v) is 1.16. The number of rotatable bonds is 3. The second kappa shape index (κ2) is 5.42. The van der Waals surface area contributed by atoms with Crippen LogP contribution in [0.25, 0.3) is 0 Å². The number of terminal acetylenes is 1. The molecule has 1 unspecified atom stereocenters. The number of esters is 1. The number of ether oxygens (including phenoxy) is 2. The Bertz CT molecular complexity index is 378. The number of alkyl halides is 1. The van der Waals surface area contributed by atoms with Gasteiger partial charge in [-0.3, -0.25) is 0 Å². The Morgan fingerprint density at radius 1 is 1.47 bits per heavy atom. The second-order valence-corrected chi connectivity index (χ2v) is 3.45. The maximum Gasteiger partial charge on any atom is 0.337 e. The Morgan fingerprint density at radius 2 is 2.07 bits per heavy atom. The van der Waals surface area contributed by atoms with Crippen molar-refractivity contribution in [2.75, 3.05) is 7.11 Å². The molecule has 1 atom stereocenters. The average Bonchev–Trinajstić information content (AvgIpc) is 2.29. The van der Waals surface area contributed by atoms with Gasteiger partial charge >= 0.3 is 5.97 Å². The van der Waals surface area contributed by atoms with Crippen LogP contribution in [0.4, 0.5) is 0 Å². The largest absolute Gasteiger partial charge is 0.467 e. The van der Waals surface area contributed by atoms with Gasteiger partial charge in [0, 0.05) is 0 Å². The van der Waals surface area contributed by atoms with Crippen molar-refractivity contribution in [3.05, 3.63) is 29.8 Å². The number of methoxy groups -OCH3 is 1. The van der Waals surface area contributed by atoms with Crippen LogP contribution in [0, 0.1) is 12.3 Å². The van der Waals surface area contributed by atoms with E-state index in [4.69, 9.17) is 11.2 Å². The smallest absolute Gasteiger partial charge is 0.337 e. The molecule has 0 radical (unpaired) electrons. The molecule has 0 aliphatic rings. The predicted octanol–water partition coefficient (Wildman–Crippen LogP) is 2.21. The lowest BCUT2D eigenvalue weighted by Crippen LogP contribution is -2.05. The van der Waals surface area contributed by atoms with Crippen molar-refractivity contribution in [1.82, 2.24) is 0 Å². The fourth-order valence-electron chi connectivity index (χ4n) is 0.941. The molecule has 1 aromatic rings. The molecule has 0 heterocycles. The van der Waals surface area contributed by atoms with Gasteiger partial charge in [0.25, 0.3) is 0 Å². The molecular weight excluding hydrogens is 260 g/mol. The molecule has 1 rings (SSSR count). The Kier molecular flexibility index (Phi) is 4.19. The summed E-state index contributed by atoms with van der Waals surface area (Å²) in [5, 5.41) is -0.471. The Balaban J connectivity index is 2.73. The van der Waals surface area contributed by atoms with Crippen LogP contribution < -0.4 is 4.74 Å². The molecule has 0 saturated carbocycles. The van der Waals surface area contributed by atoms with E-state index in [9.17, 15) is 4.79 Å². The van der Waals surface area contributed by atoms with Gasteiger partial charge in [-0.2, -0.15) is 0 Å². The molecule has 0 fully saturated rings. The van der Waals surface area contributed by atoms with Crippen LogP contribution in [0.1, 0.15) is 10.4 Å². The summed E-state index contributed by atoms with van der Waals surface area (Å²) in [6.07, 6.45) is 5.12. The van der Waals surface area contributed by atoms with Crippen molar-refractivity contribution in [3.8, 4) is 18.1 Å². The van der Waals surface area contributed by atoms with E-state index in [1.54, 1.807) is 24.3 Å². The lowest BCUT2D eigenvalue weighted by molar-refractivity contribution is 0.0600. The Morgan fingerprint density at radius 3 is 2.53 bits per heavy atom. The number of hydrogen-bond donors (Lipinski definition) is 0. The first-order valence-electron chi connectivity index (χ1n) is 4.12. The van der Waals surface area contributed by atoms with Crippen LogP contribution in [0.5, 0.6) is 5.75 Å². The van der Waals surface area contributed by atoms with Gasteiger partial charge in [-0.15, -0.1) is 6.42 Å². The number of benzene rings is 1. The molecule has 15 heavy (non-hydrogen) atoms. The molecule has 4 heteroatoms. The molecule has 0 saturated heterocycles. The van der Waals surface area contributed by atoms with Gasteiger partial charge in [0.05, 0.1) is 12.7 Å². The quantitative estimate of drug-likeness (QED) is 0.479. The van der Waals surface area contributed by atoms with Gasteiger partial charge < -0.3 is 9.47 Å². The highest BCUT2D eigenvalue weighted by Crippen LogP contribution is 2.15. The first-order chi connectivity index (χ1) is 7.17. The van der Waals surface area contributed by atoms with E-state index in [-0.39, 0.29) is 5.97 Å². The normalized spacial score (nSPS) is 11.3. The zero-order valence-corrected chi connectivity index (χ0v) is 9.65. The van der Waals surface area contributed by atoms with Gasteiger partial charge in [-0.1, -0.05) is 5.92 Å². The monoisotopic (exact) mass is 268 g/mol. The van der Waals surface area contributed by atoms with Crippen molar-refractivity contribution in [2.24, 2.45) is 0 Å². The van der Waals surface area contributed by atoms with Crippen molar-refractivity contribution >= 4 is 21.9 Å². The van der Waals surface area contributed by atoms with E-state index in [0.29, 0.717) is 11.3 Å². The van der Waals surface area contributed by atoms with Crippen LogP contribution in [0.15, 0.2) is 24.3 Å². The van der Waals surface area contributed by atoms with Crippen LogP contribution in [-0.2, 0) is 4.74 Å². The minimum absolute atomic E-state index is 0.381. The highest BCUT2D eigenvalue weighted by Gasteiger charge is 2.06. The van der Waals surface area contributed by atoms with Gasteiger partial charge in [0.15, 0.2) is 0 Å². The van der Waals surface area contributed by atoms with Gasteiger partial charge in [0.1, 0.15) is 5.75 Å². The highest BCUT2D eigenvalue weighted by atomic mass is 79.9. The molecule has 0 aliphatic carbocycles. The van der Waals surface area contributed by atoms with E-state index in [1.165, 1.54) is 7.11 Å². The van der Waals surface area contributed by atoms with Gasteiger partial charge in [-0.25, -0.2) is 4.79 Å². The molecule has 0 amide bonds. The molecule has 0 spiro atoms. The number of hydrogen-bond acceptors (Lipinski definition) is 3. The van der Waals surface area contributed by atoms with E-state index in [0.717, 1.165) is 0 Å². The average molecular weight is 269 g/mol. The molecule has 0 N–H and O–H groups in total. The number of halogens is 1. The maximum absolute atomic E-state index is 11.1. The van der Waals surface area contributed by atoms with Crippen molar-refractivity contribution in [1.29, 1.82) is 0 Å². The molecule has 0 aliphatic heterocycles. The van der Waals surface area contributed by atoms with Crippen molar-refractivity contribution < 1.29 is 14.3 Å². The fraction of sp³-hybridized carbons (Fsp3) is 0.182. The Hall–Kier alpha value is -1.47. The summed E-state index contributed by atoms with van der Waals surface area (Å²) in [6, 6.07) is 6.52. The zero-order valence-electron chi connectivity index (χ0n) is 8.07. The van der Waals surface area contributed by atoms with Crippen LogP contribution in [0.2, 0.25) is 0 Å². The minimum atomic E-state index is -0.471. The standard InChI is InChI=1S/C11H9BrO3/c1-3-10(12)15-9-6-4-8(5-7-9)11(13)14-2/h1,4-7,10H,2H3. The molecular formula is C11H9BrO3. The number of carbonyl (C=O) groups excluding carboxylic acids is 1. The van der Waals surface area contributed by atoms with E-state index < -0.39 is 5.01 Å². The molecule has 0 bridgehead atoms. The topological polar surface area (TPSA) is 35.5 Å². The predicted molar refractivity (Wildman–Crippen MR) is 60.0 cm³/mol. The van der Waals surface area contributed by atoms with Crippen LogP contribution in [-0.4, -0.2) is 18.1 Å². The summed E-state index contributed by atoms with van der Waals surface area (Å²) >= 11 is 3.12. The Labute approximate surface area is 96.5 Å². The maximum atomic E-state index is 11.1. The first kappa shape index (κ1) is 11.6. The lowest BCUT2D eigenvalue weighted by atomic mass is 10.2. The molecule has 1 aromatic carbocycles. The van der Waals surface area contributed by atoms with Crippen molar-refractivity contribution in [3.63, 3.8) is 0 Å². The van der Waals surface area contributed by atoms with Crippen LogP contribution >= 0.6 is 15.9 Å². The molecule has 3 nitrogen and oxygen atoms in total. The third-order valence-electron chi connectivity index (χ3n) is 1.65. The molecule has 0 aromatic heterocycles. The highest BCUT2D eigenvalue weighted by molar-refractivity contribution is 9.09. The van der Waals surface area contributed by atoms with E-state index in [1.807, 2.05) is 0 Å². The molecule has 78 valence electrons. The summed E-state index contributed by atoms with van der Waals surface area (Å²) in [4.78, 5) is 11.1. The second-order valence-electron chi connectivity index (χ2n) is 2.62. The summed E-state index contributed by atoms with van der Waals surface area (Å²) in [5.41, 5.74) is 0.469. The summed E-state index contributed by atoms with van der Waals surface area (Å²) in [7, 11) is 1.33. The third-order valence-corrected chi connectivity index (χ3v) is 2.10. The van der Waals surface area contributed by atoms with Crippen LogP contribution in [0.3, 0.4) is 0 Å². The summed E-state index contributed by atoms with van der Waals surface area (Å²) in [5.74, 6) is 2.57. The third kappa shape index (κ3) is 3.30. The van der Waals surface area contributed by atoms with Gasteiger partial charge in [0.2, 0.25) is 5.01 Å².